The van der Waals surface area contributed by atoms with Gasteiger partial charge in [-0.25, -0.2) is 0 Å². The maximum atomic E-state index is 2.45. The maximum Gasteiger partial charge on any atom is 0.0158 e. The first-order valence-electron chi connectivity index (χ1n) is 15.8. The van der Waals surface area contributed by atoms with Crippen LogP contribution in [0.4, 0.5) is 0 Å². The lowest BCUT2D eigenvalue weighted by Gasteiger charge is -2.22. The quantitative estimate of drug-likeness (QED) is 0.184. The Kier molecular flexibility index (Phi) is 5.11. The van der Waals surface area contributed by atoms with E-state index in [2.05, 4.69) is 161 Å². The Morgan fingerprint density at radius 2 is 0.636 bits per heavy atom. The summed E-state index contributed by atoms with van der Waals surface area (Å²) in [6.07, 6.45) is 0. The van der Waals surface area contributed by atoms with Gasteiger partial charge in [0.25, 0.3) is 0 Å². The van der Waals surface area contributed by atoms with Gasteiger partial charge >= 0.3 is 0 Å². The predicted octanol–water partition coefficient (Wildman–Crippen LogP) is 11.9. The zero-order valence-electron chi connectivity index (χ0n) is 25.7. The Balaban J connectivity index is 1.32. The minimum atomic E-state index is -0.000791. The number of hydrogen-bond acceptors (Lipinski definition) is 0. The van der Waals surface area contributed by atoms with Gasteiger partial charge in [-0.05, 0) is 100 Å². The first-order chi connectivity index (χ1) is 21.4. The molecule has 0 amide bonds. The summed E-state index contributed by atoms with van der Waals surface area (Å²) in [6.45, 7) is 9.42. The molecule has 0 saturated carbocycles. The predicted molar refractivity (Wildman–Crippen MR) is 187 cm³/mol. The van der Waals surface area contributed by atoms with E-state index < -0.39 is 0 Å². The third kappa shape index (κ3) is 3.29. The van der Waals surface area contributed by atoms with E-state index in [-0.39, 0.29) is 10.8 Å². The molecule has 0 fully saturated rings. The summed E-state index contributed by atoms with van der Waals surface area (Å²) in [5, 5.41) is 5.20. The maximum absolute atomic E-state index is 2.45. The Morgan fingerprint density at radius 3 is 1.02 bits per heavy atom. The first kappa shape index (κ1) is 25.5. The van der Waals surface area contributed by atoms with Crippen LogP contribution in [0.2, 0.25) is 0 Å². The van der Waals surface area contributed by atoms with E-state index in [0.717, 1.165) is 0 Å². The monoisotopic (exact) mass is 562 g/mol. The highest BCUT2D eigenvalue weighted by Gasteiger charge is 2.36. The van der Waals surface area contributed by atoms with Crippen LogP contribution < -0.4 is 0 Å². The second-order valence-corrected chi connectivity index (χ2v) is 13.7. The fourth-order valence-corrected chi connectivity index (χ4v) is 8.50. The van der Waals surface area contributed by atoms with E-state index in [0.29, 0.717) is 0 Å². The molecule has 0 nitrogen and oxygen atoms in total. The highest BCUT2D eigenvalue weighted by Crippen LogP contribution is 2.53. The molecule has 0 bridgehead atoms. The van der Waals surface area contributed by atoms with Crippen LogP contribution in [0.1, 0.15) is 49.9 Å². The van der Waals surface area contributed by atoms with Gasteiger partial charge in [0.05, 0.1) is 0 Å². The van der Waals surface area contributed by atoms with E-state index in [1.54, 1.807) is 0 Å². The Labute approximate surface area is 259 Å². The lowest BCUT2D eigenvalue weighted by molar-refractivity contribution is 0.660. The van der Waals surface area contributed by atoms with Crippen molar-refractivity contribution in [3.63, 3.8) is 0 Å². The molecule has 2 aliphatic rings. The number of fused-ring (bicyclic) bond motifs is 8. The standard InChI is InChI=1S/C44H34/c1-43(2)37-19-11-9-13-29(37)35-25-27(21-23-39(35)43)41-31-15-5-7-17-33(31)42(34-18-8-6-16-32(34)41)28-22-24-40-36(26-28)30-14-10-12-20-38(30)44(40,3)4/h5-26H,1-4H3. The minimum absolute atomic E-state index is 0.000791. The van der Waals surface area contributed by atoms with Gasteiger partial charge in [-0.1, -0.05) is 149 Å². The van der Waals surface area contributed by atoms with Crippen LogP contribution in [0.15, 0.2) is 133 Å². The Morgan fingerprint density at radius 1 is 0.318 bits per heavy atom. The summed E-state index contributed by atoms with van der Waals surface area (Å²) >= 11 is 0. The van der Waals surface area contributed by atoms with Crippen LogP contribution >= 0.6 is 0 Å². The van der Waals surface area contributed by atoms with Crippen LogP contribution in [0.3, 0.4) is 0 Å². The Hall–Kier alpha value is -4.94. The summed E-state index contributed by atoms with van der Waals surface area (Å²) in [5.74, 6) is 0. The van der Waals surface area contributed by atoms with Crippen LogP contribution in [0, 0.1) is 0 Å². The van der Waals surface area contributed by atoms with Crippen molar-refractivity contribution in [1.29, 1.82) is 0 Å². The summed E-state index contributed by atoms with van der Waals surface area (Å²) in [6, 6.07) is 50.3. The fraction of sp³-hybridized carbons (Fsp3) is 0.136. The van der Waals surface area contributed by atoms with Gasteiger partial charge in [-0.15, -0.1) is 0 Å². The van der Waals surface area contributed by atoms with Crippen LogP contribution in [-0.4, -0.2) is 0 Å². The van der Waals surface area contributed by atoms with Crippen molar-refractivity contribution in [1.82, 2.24) is 0 Å². The van der Waals surface area contributed by atoms with E-state index in [4.69, 9.17) is 0 Å². The van der Waals surface area contributed by atoms with Crippen LogP contribution in [0.25, 0.3) is 66.1 Å². The third-order valence-corrected chi connectivity index (χ3v) is 10.7. The molecule has 0 heteroatoms. The molecular weight excluding hydrogens is 528 g/mol. The minimum Gasteiger partial charge on any atom is -0.0619 e. The van der Waals surface area contributed by atoms with Gasteiger partial charge in [-0.3, -0.25) is 0 Å². The van der Waals surface area contributed by atoms with E-state index >= 15 is 0 Å². The molecule has 0 spiro atoms. The summed E-state index contributed by atoms with van der Waals surface area (Å²) in [4.78, 5) is 0. The van der Waals surface area contributed by atoms with Crippen molar-refractivity contribution < 1.29 is 0 Å². The lowest BCUT2D eigenvalue weighted by Crippen LogP contribution is -2.14. The lowest BCUT2D eigenvalue weighted by atomic mass is 9.81. The highest BCUT2D eigenvalue weighted by atomic mass is 14.4. The van der Waals surface area contributed by atoms with E-state index in [1.165, 1.54) is 88.3 Å². The molecule has 0 N–H and O–H groups in total. The van der Waals surface area contributed by atoms with Gasteiger partial charge in [0, 0.05) is 10.8 Å². The van der Waals surface area contributed by atoms with Crippen molar-refractivity contribution in [3.05, 3.63) is 156 Å². The summed E-state index contributed by atoms with van der Waals surface area (Å²) < 4.78 is 0. The zero-order valence-corrected chi connectivity index (χ0v) is 25.7. The van der Waals surface area contributed by atoms with Crippen molar-refractivity contribution in [2.24, 2.45) is 0 Å². The zero-order chi connectivity index (χ0) is 29.8. The van der Waals surface area contributed by atoms with Gasteiger partial charge in [0.2, 0.25) is 0 Å². The number of rotatable bonds is 2. The molecule has 7 aromatic carbocycles. The van der Waals surface area contributed by atoms with E-state index in [1.807, 2.05) is 0 Å². The molecule has 0 atom stereocenters. The highest BCUT2D eigenvalue weighted by molar-refractivity contribution is 6.21. The molecule has 0 aromatic heterocycles. The molecule has 44 heavy (non-hydrogen) atoms. The largest absolute Gasteiger partial charge is 0.0619 e. The van der Waals surface area contributed by atoms with E-state index in [9.17, 15) is 0 Å². The molecule has 7 aromatic rings. The summed E-state index contributed by atoms with van der Waals surface area (Å²) in [7, 11) is 0. The third-order valence-electron chi connectivity index (χ3n) is 10.7. The normalized spacial score (nSPS) is 15.2. The second-order valence-electron chi connectivity index (χ2n) is 13.7. The van der Waals surface area contributed by atoms with Gasteiger partial charge in [0.15, 0.2) is 0 Å². The number of hydrogen-bond donors (Lipinski definition) is 0. The van der Waals surface area contributed by atoms with Gasteiger partial charge in [-0.2, -0.15) is 0 Å². The molecule has 210 valence electrons. The first-order valence-corrected chi connectivity index (χ1v) is 15.8. The smallest absolute Gasteiger partial charge is 0.0158 e. The molecule has 9 rings (SSSR count). The molecular formula is C44H34. The molecule has 0 saturated heterocycles. The fourth-order valence-electron chi connectivity index (χ4n) is 8.50. The van der Waals surface area contributed by atoms with Crippen molar-refractivity contribution in [2.45, 2.75) is 38.5 Å². The molecule has 2 aliphatic carbocycles. The van der Waals surface area contributed by atoms with Crippen LogP contribution in [-0.2, 0) is 10.8 Å². The molecule has 0 radical (unpaired) electrons. The summed E-state index contributed by atoms with van der Waals surface area (Å²) in [5.41, 5.74) is 16.3. The topological polar surface area (TPSA) is 0 Å². The van der Waals surface area contributed by atoms with Crippen molar-refractivity contribution >= 4 is 21.5 Å². The van der Waals surface area contributed by atoms with Crippen LogP contribution in [0.5, 0.6) is 0 Å². The van der Waals surface area contributed by atoms with Gasteiger partial charge < -0.3 is 0 Å². The molecule has 0 aliphatic heterocycles. The Bertz CT molecular complexity index is 2110. The number of benzene rings is 7. The van der Waals surface area contributed by atoms with Crippen molar-refractivity contribution in [2.75, 3.05) is 0 Å². The average molecular weight is 563 g/mol. The molecule has 0 heterocycles. The second kappa shape index (κ2) is 8.80. The molecule has 0 unspecified atom stereocenters. The SMILES string of the molecule is CC1(C)c2ccccc2-c2cc(-c3c4ccccc4c(-c4ccc5c(c4)-c4ccccc4C5(C)C)c4ccccc34)ccc21. The van der Waals surface area contributed by atoms with Crippen molar-refractivity contribution in [3.8, 4) is 44.5 Å². The van der Waals surface area contributed by atoms with Gasteiger partial charge in [0.1, 0.15) is 0 Å². The average Bonchev–Trinajstić information content (AvgIpc) is 3.42.